The third-order valence-corrected chi connectivity index (χ3v) is 5.68. The van der Waals surface area contributed by atoms with Gasteiger partial charge < -0.3 is 24.8 Å². The van der Waals surface area contributed by atoms with Gasteiger partial charge in [-0.05, 0) is 49.2 Å². The topological polar surface area (TPSA) is 159 Å². The van der Waals surface area contributed by atoms with Gasteiger partial charge in [0.2, 0.25) is 0 Å². The summed E-state index contributed by atoms with van der Waals surface area (Å²) >= 11 is 0. The van der Waals surface area contributed by atoms with Gasteiger partial charge in [0.15, 0.2) is 5.82 Å². The molecule has 2 saturated heterocycles. The quantitative estimate of drug-likeness (QED) is 0.383. The van der Waals surface area contributed by atoms with Crippen molar-refractivity contribution in [3.63, 3.8) is 0 Å². The molecule has 2 aromatic heterocycles. The van der Waals surface area contributed by atoms with Crippen molar-refractivity contribution in [2.75, 3.05) is 19.7 Å². The van der Waals surface area contributed by atoms with Crippen molar-refractivity contribution in [2.45, 2.75) is 56.0 Å². The number of halogens is 10. The first-order chi connectivity index (χ1) is 21.1. The molecule has 2 aliphatic rings. The molecular weight excluding hydrogens is 660 g/mol. The highest BCUT2D eigenvalue weighted by Crippen LogP contribution is 2.36. The van der Waals surface area contributed by atoms with E-state index in [1.807, 2.05) is 24.5 Å². The fourth-order valence-electron chi connectivity index (χ4n) is 3.85. The Hall–Kier alpha value is -4.27. The molecule has 258 valence electrons. The number of carbonyl (C=O) groups is 3. The lowest BCUT2D eigenvalue weighted by Gasteiger charge is -2.39. The van der Waals surface area contributed by atoms with Gasteiger partial charge >= 0.3 is 36.4 Å². The second-order valence-electron chi connectivity index (χ2n) is 9.31. The number of hydrogen-bond donors (Lipinski definition) is 3. The Morgan fingerprint density at radius 3 is 1.85 bits per heavy atom. The summed E-state index contributed by atoms with van der Waals surface area (Å²) in [6, 6.07) is 7.02. The van der Waals surface area contributed by atoms with Crippen molar-refractivity contribution in [1.29, 1.82) is 0 Å². The lowest BCUT2D eigenvalue weighted by Crippen LogP contribution is -2.47. The van der Waals surface area contributed by atoms with Crippen molar-refractivity contribution in [2.24, 2.45) is 0 Å². The van der Waals surface area contributed by atoms with E-state index >= 15 is 0 Å². The molecule has 46 heavy (non-hydrogen) atoms. The highest BCUT2D eigenvalue weighted by molar-refractivity contribution is 5.73. The number of piperidine rings is 1. The Morgan fingerprint density at radius 2 is 1.39 bits per heavy atom. The molecule has 0 aliphatic carbocycles. The van der Waals surface area contributed by atoms with Gasteiger partial charge in [-0.15, -0.1) is 0 Å². The van der Waals surface area contributed by atoms with Crippen molar-refractivity contribution in [3.05, 3.63) is 54.2 Å². The van der Waals surface area contributed by atoms with Gasteiger partial charge in [0.1, 0.15) is 6.10 Å². The molecule has 4 heterocycles. The molecule has 11 nitrogen and oxygen atoms in total. The molecule has 0 saturated carbocycles. The summed E-state index contributed by atoms with van der Waals surface area (Å²) in [6.45, 7) is 3.32. The zero-order chi connectivity index (χ0) is 35.3. The number of rotatable bonds is 4. The number of nitrogens with zero attached hydrogens (tertiary/aromatic N) is 3. The first-order valence-electron chi connectivity index (χ1n) is 12.5. The van der Waals surface area contributed by atoms with Crippen molar-refractivity contribution in [1.82, 2.24) is 14.9 Å². The number of carboxylic acid groups (broad SMARTS) is 3. The van der Waals surface area contributed by atoms with Crippen LogP contribution >= 0.6 is 0 Å². The third-order valence-electron chi connectivity index (χ3n) is 5.68. The molecule has 0 bridgehead atoms. The molecule has 4 rings (SSSR count). The van der Waals surface area contributed by atoms with Gasteiger partial charge in [0.05, 0.1) is 12.2 Å². The van der Waals surface area contributed by atoms with Crippen LogP contribution in [0.1, 0.15) is 24.8 Å². The molecule has 0 radical (unpaired) electrons. The van der Waals surface area contributed by atoms with Crippen LogP contribution in [0, 0.1) is 5.82 Å². The molecule has 2 aliphatic heterocycles. The van der Waals surface area contributed by atoms with Crippen LogP contribution in [-0.4, -0.2) is 98.0 Å². The van der Waals surface area contributed by atoms with Crippen LogP contribution in [0.3, 0.4) is 0 Å². The number of hydrogen-bond acceptors (Lipinski definition) is 8. The van der Waals surface area contributed by atoms with Crippen LogP contribution in [0.25, 0.3) is 0 Å². The molecule has 0 aromatic carbocycles. The number of carboxylic acids is 3. The van der Waals surface area contributed by atoms with Crippen LogP contribution in [0.2, 0.25) is 0 Å². The van der Waals surface area contributed by atoms with Crippen molar-refractivity contribution < 1.29 is 83.1 Å². The molecule has 2 aromatic rings. The van der Waals surface area contributed by atoms with Crippen LogP contribution in [0.4, 0.5) is 43.9 Å². The molecular formula is C25H25F10N3O8. The molecule has 3 N–H and O–H groups in total. The van der Waals surface area contributed by atoms with Gasteiger partial charge in [-0.3, -0.25) is 9.88 Å². The maximum absolute atomic E-state index is 13.7. The Morgan fingerprint density at radius 1 is 0.891 bits per heavy atom. The molecule has 2 atom stereocenters. The number of alkyl halides is 9. The fraction of sp³-hybridized carbons (Fsp3) is 0.480. The van der Waals surface area contributed by atoms with E-state index in [0.29, 0.717) is 6.61 Å². The summed E-state index contributed by atoms with van der Waals surface area (Å²) in [6.07, 6.45) is -7.32. The molecule has 2 fully saturated rings. The van der Waals surface area contributed by atoms with E-state index in [0.717, 1.165) is 38.9 Å². The Labute approximate surface area is 252 Å². The zero-order valence-electron chi connectivity index (χ0n) is 23.1. The maximum atomic E-state index is 13.7. The Bertz CT molecular complexity index is 1220. The average molecular weight is 685 g/mol. The van der Waals surface area contributed by atoms with E-state index in [4.69, 9.17) is 39.2 Å². The summed E-state index contributed by atoms with van der Waals surface area (Å²) in [4.78, 5) is 37.2. The van der Waals surface area contributed by atoms with Gasteiger partial charge in [0, 0.05) is 38.1 Å². The summed E-state index contributed by atoms with van der Waals surface area (Å²) in [5, 5.41) is 21.4. The number of aromatic nitrogens is 2. The van der Waals surface area contributed by atoms with E-state index < -0.39 is 42.3 Å². The number of likely N-dealkylation sites (tertiary alicyclic amines) is 1. The van der Waals surface area contributed by atoms with Crippen molar-refractivity contribution >= 4 is 17.9 Å². The lowest BCUT2D eigenvalue weighted by molar-refractivity contribution is -0.193. The third kappa shape index (κ3) is 14.7. The molecule has 0 amide bonds. The molecule has 1 spiro atoms. The largest absolute Gasteiger partial charge is 0.490 e. The second-order valence-corrected chi connectivity index (χ2v) is 9.31. The van der Waals surface area contributed by atoms with Crippen LogP contribution < -0.4 is 4.74 Å². The van der Waals surface area contributed by atoms with Gasteiger partial charge in [-0.1, -0.05) is 0 Å². The standard InChI is InChI=1S/C19H22FN3O2.3C2HF3O2/c20-17-3-1-7-22-18(17)25-16-11-19(24-13-16)6-2-10-23(14-19)12-15-4-8-21-9-5-15;3*3-2(4,5)1(6)7/h1,3-5,7-9,16H,2,6,10-14H2;3*(H,6,7)/t16-,19-;;;/m0.../s1. The summed E-state index contributed by atoms with van der Waals surface area (Å²) in [5.41, 5.74) is 1.06. The number of aliphatic carboxylic acids is 3. The van der Waals surface area contributed by atoms with E-state index in [1.165, 1.54) is 11.6 Å². The van der Waals surface area contributed by atoms with E-state index in [9.17, 15) is 43.9 Å². The summed E-state index contributed by atoms with van der Waals surface area (Å²) in [7, 11) is 0. The number of pyridine rings is 2. The Balaban J connectivity index is 0.000000413. The minimum Gasteiger partial charge on any atom is -0.475 e. The van der Waals surface area contributed by atoms with Gasteiger partial charge in [-0.2, -0.15) is 39.5 Å². The van der Waals surface area contributed by atoms with Gasteiger partial charge in [0.25, 0.3) is 5.88 Å². The first-order valence-corrected chi connectivity index (χ1v) is 12.5. The van der Waals surface area contributed by atoms with E-state index in [1.54, 1.807) is 12.3 Å². The highest BCUT2D eigenvalue weighted by Gasteiger charge is 2.45. The SMILES string of the molecule is Fc1cccnc1O[C@@H]1CO[C@@]2(CCCN(Cc3ccncc3)C2)C1.O=C(O)C(F)(F)F.O=C(O)C(F)(F)F.O=C(O)C(F)(F)F. The average Bonchev–Trinajstić information content (AvgIpc) is 3.31. The number of ether oxygens (including phenoxy) is 2. The lowest BCUT2D eigenvalue weighted by atomic mass is 9.89. The molecule has 0 unspecified atom stereocenters. The monoisotopic (exact) mass is 685 g/mol. The minimum atomic E-state index is -5.08. The van der Waals surface area contributed by atoms with Crippen LogP contribution in [-0.2, 0) is 25.7 Å². The Kier molecular flexibility index (Phi) is 14.6. The van der Waals surface area contributed by atoms with Crippen LogP contribution in [0.5, 0.6) is 5.88 Å². The van der Waals surface area contributed by atoms with Crippen molar-refractivity contribution in [3.8, 4) is 5.88 Å². The normalized spacial score (nSPS) is 19.7. The fourth-order valence-corrected chi connectivity index (χ4v) is 3.85. The summed E-state index contributed by atoms with van der Waals surface area (Å²) in [5.74, 6) is -8.63. The predicted octanol–water partition coefficient (Wildman–Crippen LogP) is 4.72. The zero-order valence-corrected chi connectivity index (χ0v) is 23.1. The van der Waals surface area contributed by atoms with E-state index in [2.05, 4.69) is 14.9 Å². The van der Waals surface area contributed by atoms with E-state index in [-0.39, 0.29) is 17.6 Å². The predicted molar refractivity (Wildman–Crippen MR) is 132 cm³/mol. The second kappa shape index (κ2) is 16.9. The first kappa shape index (κ1) is 39.8. The van der Waals surface area contributed by atoms with Gasteiger partial charge in [-0.25, -0.2) is 23.8 Å². The highest BCUT2D eigenvalue weighted by atomic mass is 19.4. The minimum absolute atomic E-state index is 0.0672. The van der Waals surface area contributed by atoms with Crippen LogP contribution in [0.15, 0.2) is 42.9 Å². The maximum Gasteiger partial charge on any atom is 0.490 e. The smallest absolute Gasteiger partial charge is 0.475 e. The molecule has 21 heteroatoms. The summed E-state index contributed by atoms with van der Waals surface area (Å²) < 4.78 is 121.